The summed E-state index contributed by atoms with van der Waals surface area (Å²) >= 11 is 0. The van der Waals surface area contributed by atoms with Crippen molar-refractivity contribution in [1.82, 2.24) is 29.7 Å². The molecular weight excluding hydrogens is 462 g/mol. The summed E-state index contributed by atoms with van der Waals surface area (Å²) in [7, 11) is 4.00. The number of rotatable bonds is 7. The van der Waals surface area contributed by atoms with Gasteiger partial charge >= 0.3 is 0 Å². The minimum absolute atomic E-state index is 0.311. The molecule has 0 radical (unpaired) electrons. The number of carbonyl (C=O) groups is 1. The molecule has 6 rings (SSSR count). The lowest BCUT2D eigenvalue weighted by Gasteiger charge is -2.35. The van der Waals surface area contributed by atoms with E-state index >= 15 is 0 Å². The van der Waals surface area contributed by atoms with Gasteiger partial charge in [-0.25, -0.2) is 9.97 Å². The number of pyridine rings is 2. The van der Waals surface area contributed by atoms with Crippen LogP contribution in [0.25, 0.3) is 22.2 Å². The van der Waals surface area contributed by atoms with E-state index in [1.807, 2.05) is 37.5 Å². The fourth-order valence-electron chi connectivity index (χ4n) is 5.04. The van der Waals surface area contributed by atoms with Gasteiger partial charge in [-0.1, -0.05) is 6.07 Å². The van der Waals surface area contributed by atoms with E-state index in [2.05, 4.69) is 61.1 Å². The summed E-state index contributed by atoms with van der Waals surface area (Å²) in [6.07, 6.45) is 6.55. The molecular formula is C29H33N7O. The molecule has 3 aromatic heterocycles. The molecule has 4 aromatic rings. The molecule has 1 amide bonds. The smallest absolute Gasteiger partial charge is 0.225 e. The summed E-state index contributed by atoms with van der Waals surface area (Å²) in [5, 5.41) is 0. The molecule has 1 N–H and O–H groups in total. The zero-order chi connectivity index (χ0) is 25.4. The molecule has 4 heterocycles. The first kappa shape index (κ1) is 23.6. The van der Waals surface area contributed by atoms with Crippen LogP contribution in [0, 0.1) is 5.92 Å². The van der Waals surface area contributed by atoms with Gasteiger partial charge < -0.3 is 14.8 Å². The second-order valence-corrected chi connectivity index (χ2v) is 10.4. The maximum atomic E-state index is 12.3. The summed E-state index contributed by atoms with van der Waals surface area (Å²) < 4.78 is 0. The van der Waals surface area contributed by atoms with Crippen molar-refractivity contribution in [2.24, 2.45) is 5.92 Å². The van der Waals surface area contributed by atoms with Gasteiger partial charge in [0.15, 0.2) is 0 Å². The third-order valence-electron chi connectivity index (χ3n) is 7.31. The number of imidazole rings is 1. The standard InChI is InChI=1S/C29H33N7O/c1-34(2)28-17-23(8-10-31-28)22-5-6-25-26(16-22)33-27(32-25)18-24-15-20(7-9-30-24)19-35-11-13-36(14-12-35)29(37)21-3-4-21/h5-10,15-17,21H,3-4,11-14,18-19H2,1-2H3,(H,32,33). The van der Waals surface area contributed by atoms with Crippen LogP contribution >= 0.6 is 0 Å². The molecule has 0 unspecified atom stereocenters. The number of H-pyrrole nitrogens is 1. The number of hydrogen-bond acceptors (Lipinski definition) is 6. The molecule has 1 saturated carbocycles. The van der Waals surface area contributed by atoms with Gasteiger partial charge in [0, 0.05) is 77.2 Å². The molecule has 0 bridgehead atoms. The topological polar surface area (TPSA) is 81.3 Å². The molecule has 1 aliphatic heterocycles. The number of piperazine rings is 1. The van der Waals surface area contributed by atoms with Crippen molar-refractivity contribution in [2.75, 3.05) is 45.2 Å². The number of hydrogen-bond donors (Lipinski definition) is 1. The monoisotopic (exact) mass is 495 g/mol. The maximum Gasteiger partial charge on any atom is 0.225 e. The number of benzene rings is 1. The minimum atomic E-state index is 0.311. The van der Waals surface area contributed by atoms with Crippen LogP contribution < -0.4 is 4.90 Å². The van der Waals surface area contributed by atoms with Crippen molar-refractivity contribution < 1.29 is 4.79 Å². The average molecular weight is 496 g/mol. The van der Waals surface area contributed by atoms with Crippen molar-refractivity contribution in [3.8, 4) is 11.1 Å². The Labute approximate surface area is 217 Å². The highest BCUT2D eigenvalue weighted by Gasteiger charge is 2.34. The Bertz CT molecular complexity index is 1420. The van der Waals surface area contributed by atoms with E-state index in [-0.39, 0.29) is 0 Å². The Morgan fingerprint density at radius 3 is 2.54 bits per heavy atom. The molecule has 190 valence electrons. The average Bonchev–Trinajstić information content (AvgIpc) is 3.68. The van der Waals surface area contributed by atoms with Gasteiger partial charge in [-0.2, -0.15) is 0 Å². The van der Waals surface area contributed by atoms with Gasteiger partial charge in [0.25, 0.3) is 0 Å². The molecule has 2 fully saturated rings. The van der Waals surface area contributed by atoms with Crippen molar-refractivity contribution >= 4 is 22.8 Å². The quantitative estimate of drug-likeness (QED) is 0.421. The van der Waals surface area contributed by atoms with Crippen molar-refractivity contribution in [3.63, 3.8) is 0 Å². The largest absolute Gasteiger partial charge is 0.363 e. The Morgan fingerprint density at radius 1 is 0.973 bits per heavy atom. The van der Waals surface area contributed by atoms with Crippen LogP contribution in [0.3, 0.4) is 0 Å². The van der Waals surface area contributed by atoms with E-state index in [4.69, 9.17) is 4.98 Å². The molecule has 37 heavy (non-hydrogen) atoms. The highest BCUT2D eigenvalue weighted by molar-refractivity contribution is 5.82. The van der Waals surface area contributed by atoms with Crippen LogP contribution in [-0.2, 0) is 17.8 Å². The second-order valence-electron chi connectivity index (χ2n) is 10.4. The number of nitrogens with one attached hydrogen (secondary N) is 1. The van der Waals surface area contributed by atoms with Crippen molar-refractivity contribution in [2.45, 2.75) is 25.8 Å². The van der Waals surface area contributed by atoms with Crippen LogP contribution in [0.15, 0.2) is 54.9 Å². The zero-order valence-electron chi connectivity index (χ0n) is 21.5. The molecule has 8 nitrogen and oxygen atoms in total. The molecule has 0 spiro atoms. The van der Waals surface area contributed by atoms with E-state index < -0.39 is 0 Å². The molecule has 1 saturated heterocycles. The van der Waals surface area contributed by atoms with E-state index in [0.29, 0.717) is 18.2 Å². The number of amides is 1. The van der Waals surface area contributed by atoms with E-state index in [1.54, 1.807) is 0 Å². The lowest BCUT2D eigenvalue weighted by molar-refractivity contribution is -0.134. The molecule has 2 aliphatic rings. The van der Waals surface area contributed by atoms with E-state index in [9.17, 15) is 4.79 Å². The number of anilines is 1. The maximum absolute atomic E-state index is 12.3. The number of carbonyl (C=O) groups excluding carboxylic acids is 1. The first-order valence-electron chi connectivity index (χ1n) is 13.1. The molecule has 0 atom stereocenters. The van der Waals surface area contributed by atoms with Crippen LogP contribution in [0.4, 0.5) is 5.82 Å². The number of aromatic amines is 1. The lowest BCUT2D eigenvalue weighted by atomic mass is 10.1. The molecule has 1 aromatic carbocycles. The van der Waals surface area contributed by atoms with Gasteiger partial charge in [0.2, 0.25) is 5.91 Å². The summed E-state index contributed by atoms with van der Waals surface area (Å²) in [5.41, 5.74) is 6.49. The SMILES string of the molecule is CN(C)c1cc(-c2ccc3nc(Cc4cc(CN5CCN(C(=O)C6CC6)CC5)ccn4)[nH]c3c2)ccn1. The van der Waals surface area contributed by atoms with Crippen LogP contribution in [0.2, 0.25) is 0 Å². The summed E-state index contributed by atoms with van der Waals surface area (Å²) in [6.45, 7) is 4.41. The summed E-state index contributed by atoms with van der Waals surface area (Å²) in [5.74, 6) is 2.52. The van der Waals surface area contributed by atoms with E-state index in [1.165, 1.54) is 5.56 Å². The van der Waals surface area contributed by atoms with Gasteiger partial charge in [0.05, 0.1) is 11.0 Å². The number of nitrogens with zero attached hydrogens (tertiary/aromatic N) is 6. The fourth-order valence-corrected chi connectivity index (χ4v) is 5.04. The van der Waals surface area contributed by atoms with Gasteiger partial charge in [-0.15, -0.1) is 0 Å². The summed E-state index contributed by atoms with van der Waals surface area (Å²) in [4.78, 5) is 36.2. The Balaban J connectivity index is 1.12. The van der Waals surface area contributed by atoms with Crippen LogP contribution in [0.1, 0.15) is 29.9 Å². The molecule has 1 aliphatic carbocycles. The first-order chi connectivity index (χ1) is 18.0. The number of aromatic nitrogens is 4. The minimum Gasteiger partial charge on any atom is -0.363 e. The third kappa shape index (κ3) is 5.34. The van der Waals surface area contributed by atoms with Crippen molar-refractivity contribution in [1.29, 1.82) is 0 Å². The zero-order valence-corrected chi connectivity index (χ0v) is 21.5. The third-order valence-corrected chi connectivity index (χ3v) is 7.31. The van der Waals surface area contributed by atoms with Gasteiger partial charge in [-0.3, -0.25) is 14.7 Å². The Hall–Kier alpha value is -3.78. The Morgan fingerprint density at radius 2 is 1.76 bits per heavy atom. The van der Waals surface area contributed by atoms with Crippen molar-refractivity contribution in [3.05, 3.63) is 71.9 Å². The van der Waals surface area contributed by atoms with E-state index in [0.717, 1.165) is 85.1 Å². The van der Waals surface area contributed by atoms with Gasteiger partial charge in [-0.05, 0) is 65.9 Å². The Kier molecular flexibility index (Phi) is 6.34. The summed E-state index contributed by atoms with van der Waals surface area (Å²) in [6, 6.07) is 14.7. The van der Waals surface area contributed by atoms with Crippen LogP contribution in [0.5, 0.6) is 0 Å². The highest BCUT2D eigenvalue weighted by atomic mass is 16.2. The van der Waals surface area contributed by atoms with Gasteiger partial charge in [0.1, 0.15) is 11.6 Å². The molecule has 8 heteroatoms. The fraction of sp³-hybridized carbons (Fsp3) is 0.379. The lowest BCUT2D eigenvalue weighted by Crippen LogP contribution is -2.48. The number of fused-ring (bicyclic) bond motifs is 1. The predicted molar refractivity (Wildman–Crippen MR) is 145 cm³/mol. The normalized spacial score (nSPS) is 16.3. The highest BCUT2D eigenvalue weighted by Crippen LogP contribution is 2.31. The first-order valence-corrected chi connectivity index (χ1v) is 13.1. The van der Waals surface area contributed by atoms with Crippen LogP contribution in [-0.4, -0.2) is 75.9 Å². The predicted octanol–water partition coefficient (Wildman–Crippen LogP) is 3.73. The second kappa shape index (κ2) is 9.94.